The molecule has 2 heterocycles. The van der Waals surface area contributed by atoms with Gasteiger partial charge in [0.1, 0.15) is 23.0 Å². The minimum absolute atomic E-state index is 0.227. The maximum absolute atomic E-state index is 13.1. The molecule has 1 aliphatic carbocycles. The topological polar surface area (TPSA) is 43.4 Å². The molecule has 0 aliphatic heterocycles. The molecule has 39 heavy (non-hydrogen) atoms. The summed E-state index contributed by atoms with van der Waals surface area (Å²) in [6.07, 6.45) is -4.16. The number of Topliss-reactive ketones (excluding diaryl/α,β-unsaturated/α-hetero) is 1. The molecule has 0 N–H and O–H groups in total. The van der Waals surface area contributed by atoms with E-state index in [4.69, 9.17) is 8.83 Å². The van der Waals surface area contributed by atoms with Crippen LogP contribution in [0.5, 0.6) is 0 Å². The van der Waals surface area contributed by atoms with Crippen molar-refractivity contribution in [2.75, 3.05) is 0 Å². The summed E-state index contributed by atoms with van der Waals surface area (Å²) in [5.41, 5.74) is -0.103. The summed E-state index contributed by atoms with van der Waals surface area (Å²) >= 11 is 0. The van der Waals surface area contributed by atoms with Crippen LogP contribution in [0.4, 0.5) is 26.3 Å². The third-order valence-corrected chi connectivity index (χ3v) is 6.31. The van der Waals surface area contributed by atoms with Crippen LogP contribution in [0.25, 0.3) is 34.8 Å². The first-order valence-corrected chi connectivity index (χ1v) is 12.0. The lowest BCUT2D eigenvalue weighted by atomic mass is 9.88. The van der Waals surface area contributed by atoms with Gasteiger partial charge in [0.25, 0.3) is 0 Å². The van der Waals surface area contributed by atoms with Crippen molar-refractivity contribution in [3.63, 3.8) is 0 Å². The number of rotatable bonds is 4. The van der Waals surface area contributed by atoms with E-state index < -0.39 is 23.5 Å². The number of ketones is 1. The van der Waals surface area contributed by atoms with Crippen molar-refractivity contribution in [3.05, 3.63) is 107 Å². The molecule has 0 amide bonds. The fraction of sp³-hybridized carbons (Fsp3) is 0.167. The summed E-state index contributed by atoms with van der Waals surface area (Å²) < 4.78 is 89.7. The minimum Gasteiger partial charge on any atom is -0.457 e. The second kappa shape index (κ2) is 10.1. The zero-order valence-electron chi connectivity index (χ0n) is 20.2. The molecule has 0 spiro atoms. The van der Waals surface area contributed by atoms with Crippen LogP contribution >= 0.6 is 0 Å². The molecular formula is C30H20F6O3. The number of halogens is 6. The Hall–Kier alpha value is -4.27. The van der Waals surface area contributed by atoms with Gasteiger partial charge in [-0.05, 0) is 79.9 Å². The van der Waals surface area contributed by atoms with Crippen LogP contribution in [0, 0.1) is 0 Å². The number of furan rings is 2. The quantitative estimate of drug-likeness (QED) is 0.191. The summed E-state index contributed by atoms with van der Waals surface area (Å²) in [5.74, 6) is 0.915. The molecule has 0 bridgehead atoms. The lowest BCUT2D eigenvalue weighted by Gasteiger charge is -2.15. The van der Waals surface area contributed by atoms with E-state index in [9.17, 15) is 31.1 Å². The molecule has 4 aromatic rings. The van der Waals surface area contributed by atoms with E-state index in [1.54, 1.807) is 36.4 Å². The lowest BCUT2D eigenvalue weighted by Crippen LogP contribution is -2.12. The Kier molecular flexibility index (Phi) is 6.84. The summed E-state index contributed by atoms with van der Waals surface area (Å²) in [7, 11) is 0. The van der Waals surface area contributed by atoms with Gasteiger partial charge in [0.15, 0.2) is 5.78 Å². The predicted molar refractivity (Wildman–Crippen MR) is 133 cm³/mol. The van der Waals surface area contributed by atoms with Crippen LogP contribution in [-0.2, 0) is 17.1 Å². The molecule has 2 aromatic heterocycles. The number of hydrogen-bond acceptors (Lipinski definition) is 3. The molecular weight excluding hydrogens is 522 g/mol. The summed E-state index contributed by atoms with van der Waals surface area (Å²) in [5, 5.41) is 0. The Morgan fingerprint density at radius 2 is 1.05 bits per heavy atom. The van der Waals surface area contributed by atoms with Gasteiger partial charge in [0.2, 0.25) is 0 Å². The van der Waals surface area contributed by atoms with Crippen LogP contribution < -0.4 is 0 Å². The van der Waals surface area contributed by atoms with Crippen molar-refractivity contribution in [1.29, 1.82) is 0 Å². The standard InChI is InChI=1S/C30H20F6O3/c31-29(32,33)22-8-2-4-18(14-22)26-12-10-24(38-26)16-20-6-1-7-21(28(20)37)17-25-11-13-27(39-25)19-5-3-9-23(15-19)30(34,35)36/h2-5,8-17H,1,6-7H2/b20-16-,21-17+. The molecule has 0 saturated heterocycles. The Labute approximate surface area is 219 Å². The van der Waals surface area contributed by atoms with Crippen molar-refractivity contribution in [2.45, 2.75) is 31.6 Å². The van der Waals surface area contributed by atoms with Crippen molar-refractivity contribution >= 4 is 17.9 Å². The van der Waals surface area contributed by atoms with E-state index >= 15 is 0 Å². The number of carbonyl (C=O) groups is 1. The van der Waals surface area contributed by atoms with Gasteiger partial charge < -0.3 is 8.83 Å². The SMILES string of the molecule is O=C1/C(=C\c2ccc(-c3cccc(C(F)(F)F)c3)o2)CCC/C1=C\c1ccc(-c2cccc(C(F)(F)F)c2)o1. The van der Waals surface area contributed by atoms with Gasteiger partial charge >= 0.3 is 12.4 Å². The summed E-state index contributed by atoms with van der Waals surface area (Å²) in [6.45, 7) is 0. The first-order chi connectivity index (χ1) is 18.5. The molecule has 5 rings (SSSR count). The fourth-order valence-corrected chi connectivity index (χ4v) is 4.39. The highest BCUT2D eigenvalue weighted by molar-refractivity contribution is 6.13. The molecule has 0 unspecified atom stereocenters. The Morgan fingerprint density at radius 1 is 0.615 bits per heavy atom. The normalized spacial score (nSPS) is 16.8. The van der Waals surface area contributed by atoms with E-state index in [-0.39, 0.29) is 28.4 Å². The van der Waals surface area contributed by atoms with Crippen molar-refractivity contribution in [3.8, 4) is 22.6 Å². The highest BCUT2D eigenvalue weighted by Crippen LogP contribution is 2.35. The van der Waals surface area contributed by atoms with Crippen LogP contribution in [0.2, 0.25) is 0 Å². The van der Waals surface area contributed by atoms with Gasteiger partial charge in [-0.25, -0.2) is 0 Å². The Morgan fingerprint density at radius 3 is 1.46 bits per heavy atom. The van der Waals surface area contributed by atoms with Crippen LogP contribution in [0.1, 0.15) is 41.9 Å². The van der Waals surface area contributed by atoms with Gasteiger partial charge in [-0.1, -0.05) is 24.3 Å². The van der Waals surface area contributed by atoms with E-state index in [0.29, 0.717) is 41.9 Å². The number of benzene rings is 2. The molecule has 9 heteroatoms. The Bertz CT molecular complexity index is 1460. The lowest BCUT2D eigenvalue weighted by molar-refractivity contribution is -0.138. The predicted octanol–water partition coefficient (Wildman–Crippen LogP) is 9.46. The van der Waals surface area contributed by atoms with Gasteiger partial charge in [0.05, 0.1) is 11.1 Å². The average molecular weight is 542 g/mol. The van der Waals surface area contributed by atoms with Gasteiger partial charge in [-0.3, -0.25) is 4.79 Å². The number of carbonyl (C=O) groups excluding carboxylic acids is 1. The average Bonchev–Trinajstić information content (AvgIpc) is 3.56. The third-order valence-electron chi connectivity index (χ3n) is 6.31. The van der Waals surface area contributed by atoms with E-state index in [1.165, 1.54) is 24.3 Å². The maximum Gasteiger partial charge on any atom is 0.416 e. The number of alkyl halides is 6. The maximum atomic E-state index is 13.1. The first kappa shape index (κ1) is 26.3. The summed E-state index contributed by atoms with van der Waals surface area (Å²) in [4.78, 5) is 13.1. The monoisotopic (exact) mass is 542 g/mol. The highest BCUT2D eigenvalue weighted by atomic mass is 19.4. The first-order valence-electron chi connectivity index (χ1n) is 12.0. The third kappa shape index (κ3) is 5.92. The molecule has 1 saturated carbocycles. The smallest absolute Gasteiger partial charge is 0.416 e. The molecule has 3 nitrogen and oxygen atoms in total. The largest absolute Gasteiger partial charge is 0.457 e. The van der Waals surface area contributed by atoms with Crippen molar-refractivity contribution < 1.29 is 40.0 Å². The molecule has 0 radical (unpaired) electrons. The van der Waals surface area contributed by atoms with E-state index in [0.717, 1.165) is 24.3 Å². The minimum atomic E-state index is -4.48. The van der Waals surface area contributed by atoms with E-state index in [2.05, 4.69) is 0 Å². The van der Waals surface area contributed by atoms with Crippen LogP contribution in [0.3, 0.4) is 0 Å². The van der Waals surface area contributed by atoms with Crippen molar-refractivity contribution in [1.82, 2.24) is 0 Å². The zero-order chi connectivity index (χ0) is 27.8. The molecule has 1 aliphatic rings. The van der Waals surface area contributed by atoms with Gasteiger partial charge in [-0.2, -0.15) is 26.3 Å². The van der Waals surface area contributed by atoms with Crippen molar-refractivity contribution in [2.24, 2.45) is 0 Å². The molecule has 200 valence electrons. The molecule has 1 fully saturated rings. The second-order valence-corrected chi connectivity index (χ2v) is 9.08. The second-order valence-electron chi connectivity index (χ2n) is 9.08. The van der Waals surface area contributed by atoms with Crippen LogP contribution in [-0.4, -0.2) is 5.78 Å². The number of hydrogen-bond donors (Lipinski definition) is 0. The number of allylic oxidation sites excluding steroid dienone is 2. The molecule has 2 aromatic carbocycles. The fourth-order valence-electron chi connectivity index (χ4n) is 4.39. The molecule has 0 atom stereocenters. The zero-order valence-corrected chi connectivity index (χ0v) is 20.2. The van der Waals surface area contributed by atoms with Gasteiger partial charge in [0, 0.05) is 22.3 Å². The van der Waals surface area contributed by atoms with Crippen LogP contribution in [0.15, 0.2) is 92.8 Å². The Balaban J connectivity index is 1.35. The van der Waals surface area contributed by atoms with Gasteiger partial charge in [-0.15, -0.1) is 0 Å². The highest BCUT2D eigenvalue weighted by Gasteiger charge is 2.31. The van der Waals surface area contributed by atoms with E-state index in [1.807, 2.05) is 0 Å². The summed E-state index contributed by atoms with van der Waals surface area (Å²) in [6, 6.07) is 15.8.